The Balaban J connectivity index is 1.64. The number of nitrogens with zero attached hydrogens (tertiary/aromatic N) is 2. The van der Waals surface area contributed by atoms with Crippen molar-refractivity contribution in [1.82, 2.24) is 10.2 Å². The molecule has 2 heterocycles. The molecule has 2 saturated heterocycles. The predicted octanol–water partition coefficient (Wildman–Crippen LogP) is 1.97. The Morgan fingerprint density at radius 1 is 1.29 bits per heavy atom. The second-order valence-corrected chi connectivity index (χ2v) is 6.25. The first kappa shape index (κ1) is 15.1. The normalized spacial score (nSPS) is 23.7. The lowest BCUT2D eigenvalue weighted by molar-refractivity contribution is 0.0209. The lowest BCUT2D eigenvalue weighted by Crippen LogP contribution is -2.44. The molecule has 1 atom stereocenters. The maximum absolute atomic E-state index is 6.38. The van der Waals surface area contributed by atoms with E-state index < -0.39 is 0 Å². The van der Waals surface area contributed by atoms with Crippen molar-refractivity contribution in [3.63, 3.8) is 0 Å². The highest BCUT2D eigenvalue weighted by atomic mass is 35.5. The molecule has 1 aromatic rings. The van der Waals surface area contributed by atoms with Crippen molar-refractivity contribution in [1.29, 1.82) is 0 Å². The van der Waals surface area contributed by atoms with Crippen LogP contribution >= 0.6 is 11.6 Å². The van der Waals surface area contributed by atoms with E-state index in [-0.39, 0.29) is 0 Å². The zero-order valence-corrected chi connectivity index (χ0v) is 13.4. The standard InChI is InChI=1S/C16H24ClN3O/c1-18-11-13-2-3-14(10-16(13)17)20-5-4-15(12-20)19-6-8-21-9-7-19/h2-3,10,15,18H,4-9,11-12H2,1H3. The molecule has 0 spiro atoms. The molecule has 4 nitrogen and oxygen atoms in total. The van der Waals surface area contributed by atoms with Gasteiger partial charge in [-0.2, -0.15) is 0 Å². The molecule has 116 valence electrons. The molecule has 21 heavy (non-hydrogen) atoms. The van der Waals surface area contributed by atoms with E-state index >= 15 is 0 Å². The predicted molar refractivity (Wildman–Crippen MR) is 87.2 cm³/mol. The van der Waals surface area contributed by atoms with Gasteiger partial charge < -0.3 is 15.0 Å². The van der Waals surface area contributed by atoms with Gasteiger partial charge in [0.1, 0.15) is 0 Å². The third-order valence-corrected chi connectivity index (χ3v) is 4.85. The van der Waals surface area contributed by atoms with Gasteiger partial charge in [-0.25, -0.2) is 0 Å². The maximum atomic E-state index is 6.38. The van der Waals surface area contributed by atoms with Crippen LogP contribution in [-0.4, -0.2) is 57.4 Å². The third-order valence-electron chi connectivity index (χ3n) is 4.49. The minimum Gasteiger partial charge on any atom is -0.379 e. The van der Waals surface area contributed by atoms with Gasteiger partial charge in [0.2, 0.25) is 0 Å². The molecule has 5 heteroatoms. The largest absolute Gasteiger partial charge is 0.379 e. The Kier molecular flexibility index (Phi) is 5.01. The Morgan fingerprint density at radius 2 is 2.10 bits per heavy atom. The monoisotopic (exact) mass is 309 g/mol. The van der Waals surface area contributed by atoms with Crippen LogP contribution in [-0.2, 0) is 11.3 Å². The number of nitrogens with one attached hydrogen (secondary N) is 1. The van der Waals surface area contributed by atoms with Crippen molar-refractivity contribution in [3.05, 3.63) is 28.8 Å². The van der Waals surface area contributed by atoms with E-state index in [9.17, 15) is 0 Å². The van der Waals surface area contributed by atoms with Crippen LogP contribution in [0.4, 0.5) is 5.69 Å². The summed E-state index contributed by atoms with van der Waals surface area (Å²) in [7, 11) is 1.94. The van der Waals surface area contributed by atoms with Gasteiger partial charge in [0, 0.05) is 49.5 Å². The topological polar surface area (TPSA) is 27.7 Å². The fraction of sp³-hybridized carbons (Fsp3) is 0.625. The summed E-state index contributed by atoms with van der Waals surface area (Å²) in [5.74, 6) is 0. The molecule has 2 aliphatic heterocycles. The lowest BCUT2D eigenvalue weighted by Gasteiger charge is -2.32. The molecule has 2 fully saturated rings. The van der Waals surface area contributed by atoms with Gasteiger partial charge in [-0.05, 0) is 31.2 Å². The Morgan fingerprint density at radius 3 is 2.81 bits per heavy atom. The molecule has 1 aromatic carbocycles. The number of hydrogen-bond acceptors (Lipinski definition) is 4. The van der Waals surface area contributed by atoms with Crippen LogP contribution in [0.3, 0.4) is 0 Å². The molecule has 1 N–H and O–H groups in total. The van der Waals surface area contributed by atoms with Crippen LogP contribution in [0.5, 0.6) is 0 Å². The van der Waals surface area contributed by atoms with Gasteiger partial charge in [0.25, 0.3) is 0 Å². The molecule has 0 bridgehead atoms. The average Bonchev–Trinajstić information content (AvgIpc) is 3.00. The number of hydrogen-bond donors (Lipinski definition) is 1. The maximum Gasteiger partial charge on any atom is 0.0594 e. The van der Waals surface area contributed by atoms with Gasteiger partial charge in [-0.3, -0.25) is 4.90 Å². The van der Waals surface area contributed by atoms with E-state index in [4.69, 9.17) is 16.3 Å². The summed E-state index contributed by atoms with van der Waals surface area (Å²) in [6, 6.07) is 7.09. The quantitative estimate of drug-likeness (QED) is 0.920. The fourth-order valence-electron chi connectivity index (χ4n) is 3.28. The summed E-state index contributed by atoms with van der Waals surface area (Å²) in [5.41, 5.74) is 2.41. The zero-order chi connectivity index (χ0) is 14.7. The third kappa shape index (κ3) is 3.51. The molecular weight excluding hydrogens is 286 g/mol. The zero-order valence-electron chi connectivity index (χ0n) is 12.6. The average molecular weight is 310 g/mol. The highest BCUT2D eigenvalue weighted by Gasteiger charge is 2.28. The summed E-state index contributed by atoms with van der Waals surface area (Å²) in [6.07, 6.45) is 1.23. The summed E-state index contributed by atoms with van der Waals surface area (Å²) < 4.78 is 5.44. The van der Waals surface area contributed by atoms with Crippen molar-refractivity contribution in [2.24, 2.45) is 0 Å². The molecule has 3 rings (SSSR count). The molecule has 0 amide bonds. The van der Waals surface area contributed by atoms with Crippen LogP contribution in [0, 0.1) is 0 Å². The van der Waals surface area contributed by atoms with Crippen LogP contribution in [0.25, 0.3) is 0 Å². The van der Waals surface area contributed by atoms with Gasteiger partial charge in [0.15, 0.2) is 0 Å². The lowest BCUT2D eigenvalue weighted by atomic mass is 10.2. The number of anilines is 1. The fourth-order valence-corrected chi connectivity index (χ4v) is 3.53. The molecule has 1 unspecified atom stereocenters. The summed E-state index contributed by atoms with van der Waals surface area (Å²) in [5, 5.41) is 4.01. The van der Waals surface area contributed by atoms with E-state index in [1.807, 2.05) is 7.05 Å². The Labute approximate surface area is 132 Å². The molecule has 0 aromatic heterocycles. The van der Waals surface area contributed by atoms with Crippen LogP contribution in [0.15, 0.2) is 18.2 Å². The van der Waals surface area contributed by atoms with Crippen LogP contribution < -0.4 is 10.2 Å². The SMILES string of the molecule is CNCc1ccc(N2CCC(N3CCOCC3)C2)cc1Cl. The van der Waals surface area contributed by atoms with E-state index in [1.165, 1.54) is 12.1 Å². The molecule has 0 aliphatic carbocycles. The van der Waals surface area contributed by atoms with Crippen molar-refractivity contribution in [3.8, 4) is 0 Å². The second kappa shape index (κ2) is 6.97. The van der Waals surface area contributed by atoms with Gasteiger partial charge in [-0.1, -0.05) is 17.7 Å². The number of halogens is 1. The number of ether oxygens (including phenoxy) is 1. The van der Waals surface area contributed by atoms with Crippen molar-refractivity contribution >= 4 is 17.3 Å². The molecule has 2 aliphatic rings. The van der Waals surface area contributed by atoms with E-state index in [0.717, 1.165) is 56.5 Å². The number of morpholine rings is 1. The van der Waals surface area contributed by atoms with Gasteiger partial charge in [-0.15, -0.1) is 0 Å². The van der Waals surface area contributed by atoms with Crippen molar-refractivity contribution < 1.29 is 4.74 Å². The highest BCUT2D eigenvalue weighted by Crippen LogP contribution is 2.28. The van der Waals surface area contributed by atoms with Gasteiger partial charge in [0.05, 0.1) is 13.2 Å². The Bertz CT molecular complexity index is 477. The molecular formula is C16H24ClN3O. The minimum absolute atomic E-state index is 0.657. The smallest absolute Gasteiger partial charge is 0.0594 e. The van der Waals surface area contributed by atoms with E-state index in [2.05, 4.69) is 33.3 Å². The minimum atomic E-state index is 0.657. The summed E-state index contributed by atoms with van der Waals surface area (Å²) >= 11 is 6.38. The van der Waals surface area contributed by atoms with Crippen molar-refractivity contribution in [2.75, 3.05) is 51.3 Å². The second-order valence-electron chi connectivity index (χ2n) is 5.84. The molecule has 0 radical (unpaired) electrons. The van der Waals surface area contributed by atoms with Crippen molar-refractivity contribution in [2.45, 2.75) is 19.0 Å². The first-order valence-electron chi connectivity index (χ1n) is 7.77. The molecule has 0 saturated carbocycles. The first-order chi connectivity index (χ1) is 10.3. The van der Waals surface area contributed by atoms with Crippen LogP contribution in [0.1, 0.15) is 12.0 Å². The Hall–Kier alpha value is -0.810. The van der Waals surface area contributed by atoms with E-state index in [0.29, 0.717) is 6.04 Å². The summed E-state index contributed by atoms with van der Waals surface area (Å²) in [6.45, 7) is 6.92. The van der Waals surface area contributed by atoms with Gasteiger partial charge >= 0.3 is 0 Å². The van der Waals surface area contributed by atoms with Crippen LogP contribution in [0.2, 0.25) is 5.02 Å². The summed E-state index contributed by atoms with van der Waals surface area (Å²) in [4.78, 5) is 5.02. The number of benzene rings is 1. The number of rotatable bonds is 4. The first-order valence-corrected chi connectivity index (χ1v) is 8.15. The highest BCUT2D eigenvalue weighted by molar-refractivity contribution is 6.31. The van der Waals surface area contributed by atoms with E-state index in [1.54, 1.807) is 0 Å².